The van der Waals surface area contributed by atoms with Gasteiger partial charge in [0.1, 0.15) is 0 Å². The molecular weight excluding hydrogens is 232 g/mol. The van der Waals surface area contributed by atoms with E-state index in [4.69, 9.17) is 0 Å². The van der Waals surface area contributed by atoms with E-state index in [-0.39, 0.29) is 5.91 Å². The van der Waals surface area contributed by atoms with E-state index < -0.39 is 5.60 Å². The number of β-amino-alcohol motifs (C(OH)–C–C–N with tert-alkyl or cyclic N) is 1. The van der Waals surface area contributed by atoms with E-state index in [0.29, 0.717) is 32.5 Å². The second kappa shape index (κ2) is 5.07. The first-order chi connectivity index (χ1) is 8.48. The van der Waals surface area contributed by atoms with Crippen LogP contribution in [-0.2, 0) is 11.2 Å². The number of nitrogens with zero attached hydrogens (tertiary/aromatic N) is 3. The Morgan fingerprint density at radius 3 is 3.06 bits per heavy atom. The number of amides is 1. The molecule has 1 fully saturated rings. The topological polar surface area (TPSA) is 72.5 Å². The standard InChI is InChI=1S/C12H20N4O2/c1-15(2)7-12(18)3-4-16(8-12)11(17)5-10-6-13-9-14-10/h6,9,18H,3-5,7-8H2,1-2H3,(H,13,14)/t12-/m0/s1. The first-order valence-corrected chi connectivity index (χ1v) is 6.11. The van der Waals surface area contributed by atoms with Crippen LogP contribution in [0.25, 0.3) is 0 Å². The van der Waals surface area contributed by atoms with E-state index in [1.54, 1.807) is 17.4 Å². The molecule has 1 aromatic heterocycles. The summed E-state index contributed by atoms with van der Waals surface area (Å²) in [5.74, 6) is 0.0360. The van der Waals surface area contributed by atoms with Crippen LogP contribution in [0, 0.1) is 0 Å². The highest BCUT2D eigenvalue weighted by Crippen LogP contribution is 2.22. The molecule has 100 valence electrons. The average molecular weight is 252 g/mol. The molecule has 0 aromatic carbocycles. The summed E-state index contributed by atoms with van der Waals surface area (Å²) >= 11 is 0. The number of aliphatic hydroxyl groups is 1. The second-order valence-corrected chi connectivity index (χ2v) is 5.28. The first-order valence-electron chi connectivity index (χ1n) is 6.11. The second-order valence-electron chi connectivity index (χ2n) is 5.28. The molecule has 2 heterocycles. The molecule has 0 radical (unpaired) electrons. The monoisotopic (exact) mass is 252 g/mol. The van der Waals surface area contributed by atoms with Crippen LogP contribution >= 0.6 is 0 Å². The van der Waals surface area contributed by atoms with Crippen LogP contribution in [0.5, 0.6) is 0 Å². The quantitative estimate of drug-likeness (QED) is 0.756. The molecule has 1 atom stereocenters. The van der Waals surface area contributed by atoms with E-state index in [1.165, 1.54) is 0 Å². The fourth-order valence-electron chi connectivity index (χ4n) is 2.44. The highest BCUT2D eigenvalue weighted by atomic mass is 16.3. The Morgan fingerprint density at radius 1 is 1.67 bits per heavy atom. The Labute approximate surface area is 107 Å². The zero-order valence-electron chi connectivity index (χ0n) is 10.9. The summed E-state index contributed by atoms with van der Waals surface area (Å²) in [6.07, 6.45) is 4.17. The lowest BCUT2D eigenvalue weighted by Crippen LogP contribution is -2.43. The van der Waals surface area contributed by atoms with E-state index >= 15 is 0 Å². The van der Waals surface area contributed by atoms with Crippen molar-refractivity contribution in [2.75, 3.05) is 33.7 Å². The molecule has 6 nitrogen and oxygen atoms in total. The van der Waals surface area contributed by atoms with Crippen molar-refractivity contribution in [2.45, 2.75) is 18.4 Å². The van der Waals surface area contributed by atoms with Gasteiger partial charge in [-0.2, -0.15) is 0 Å². The molecule has 6 heteroatoms. The summed E-state index contributed by atoms with van der Waals surface area (Å²) in [6, 6.07) is 0. The number of rotatable bonds is 4. The molecule has 0 unspecified atom stereocenters. The number of aromatic amines is 1. The number of nitrogens with one attached hydrogen (secondary N) is 1. The fraction of sp³-hybridized carbons (Fsp3) is 0.667. The van der Waals surface area contributed by atoms with Gasteiger partial charge in [-0.3, -0.25) is 4.79 Å². The minimum absolute atomic E-state index is 0.0360. The van der Waals surface area contributed by atoms with Crippen molar-refractivity contribution in [3.05, 3.63) is 18.2 Å². The van der Waals surface area contributed by atoms with E-state index in [0.717, 1.165) is 5.69 Å². The summed E-state index contributed by atoms with van der Waals surface area (Å²) in [5.41, 5.74) is 0.0377. The van der Waals surface area contributed by atoms with Gasteiger partial charge in [-0.1, -0.05) is 0 Å². The maximum atomic E-state index is 12.0. The third kappa shape index (κ3) is 3.08. The molecule has 2 N–H and O–H groups in total. The van der Waals surface area contributed by atoms with Crippen LogP contribution in [0.2, 0.25) is 0 Å². The molecule has 1 aromatic rings. The minimum atomic E-state index is -0.771. The van der Waals surface area contributed by atoms with Crippen molar-refractivity contribution in [2.24, 2.45) is 0 Å². The van der Waals surface area contributed by atoms with Gasteiger partial charge in [0.25, 0.3) is 0 Å². The molecule has 1 amide bonds. The average Bonchev–Trinajstić information content (AvgIpc) is 2.87. The zero-order valence-corrected chi connectivity index (χ0v) is 10.9. The van der Waals surface area contributed by atoms with Gasteiger partial charge in [0.2, 0.25) is 5.91 Å². The number of imidazole rings is 1. The Morgan fingerprint density at radius 2 is 2.44 bits per heavy atom. The molecule has 0 bridgehead atoms. The smallest absolute Gasteiger partial charge is 0.228 e. The number of hydrogen-bond acceptors (Lipinski definition) is 4. The molecule has 0 spiro atoms. The summed E-state index contributed by atoms with van der Waals surface area (Å²) in [6.45, 7) is 1.62. The van der Waals surface area contributed by atoms with Crippen LogP contribution in [0.1, 0.15) is 12.1 Å². The molecule has 2 rings (SSSR count). The highest BCUT2D eigenvalue weighted by Gasteiger charge is 2.38. The first kappa shape index (κ1) is 13.0. The van der Waals surface area contributed by atoms with Crippen molar-refractivity contribution < 1.29 is 9.90 Å². The summed E-state index contributed by atoms with van der Waals surface area (Å²) in [4.78, 5) is 22.5. The lowest BCUT2D eigenvalue weighted by atomic mass is 10.0. The lowest BCUT2D eigenvalue weighted by Gasteiger charge is -2.26. The molecule has 18 heavy (non-hydrogen) atoms. The molecular formula is C12H20N4O2. The fourth-order valence-corrected chi connectivity index (χ4v) is 2.44. The van der Waals surface area contributed by atoms with E-state index in [1.807, 2.05) is 19.0 Å². The van der Waals surface area contributed by atoms with Crippen LogP contribution in [0.4, 0.5) is 0 Å². The molecule has 0 aliphatic carbocycles. The van der Waals surface area contributed by atoms with Crippen LogP contribution in [-0.4, -0.2) is 70.1 Å². The summed E-state index contributed by atoms with van der Waals surface area (Å²) in [5, 5.41) is 10.4. The van der Waals surface area contributed by atoms with E-state index in [2.05, 4.69) is 9.97 Å². The van der Waals surface area contributed by atoms with Crippen molar-refractivity contribution in [1.82, 2.24) is 19.8 Å². The van der Waals surface area contributed by atoms with Gasteiger partial charge in [-0.25, -0.2) is 4.98 Å². The van der Waals surface area contributed by atoms with Crippen molar-refractivity contribution in [3.8, 4) is 0 Å². The van der Waals surface area contributed by atoms with E-state index in [9.17, 15) is 9.90 Å². The van der Waals surface area contributed by atoms with Gasteiger partial charge in [0.05, 0.1) is 24.9 Å². The highest BCUT2D eigenvalue weighted by molar-refractivity contribution is 5.78. The molecule has 1 aliphatic rings. The number of H-pyrrole nitrogens is 1. The molecule has 0 saturated carbocycles. The van der Waals surface area contributed by atoms with Crippen LogP contribution < -0.4 is 0 Å². The van der Waals surface area contributed by atoms with Crippen molar-refractivity contribution in [1.29, 1.82) is 0 Å². The molecule has 1 aliphatic heterocycles. The number of carbonyl (C=O) groups excluding carboxylic acids is 1. The van der Waals surface area contributed by atoms with Gasteiger partial charge in [0, 0.05) is 25.0 Å². The molecule has 1 saturated heterocycles. The predicted octanol–water partition coefficient (Wildman–Crippen LogP) is -0.523. The van der Waals surface area contributed by atoms with Crippen molar-refractivity contribution in [3.63, 3.8) is 0 Å². The normalized spacial score (nSPS) is 23.9. The number of carbonyl (C=O) groups is 1. The Hall–Kier alpha value is -1.40. The van der Waals surface area contributed by atoms with Gasteiger partial charge in [-0.15, -0.1) is 0 Å². The number of likely N-dealkylation sites (N-methyl/N-ethyl adjacent to an activating group) is 1. The number of aromatic nitrogens is 2. The Bertz CT molecular complexity index is 404. The summed E-state index contributed by atoms with van der Waals surface area (Å²) in [7, 11) is 3.85. The predicted molar refractivity (Wildman–Crippen MR) is 67.0 cm³/mol. The third-order valence-electron chi connectivity index (χ3n) is 3.19. The van der Waals surface area contributed by atoms with Crippen LogP contribution in [0.3, 0.4) is 0 Å². The van der Waals surface area contributed by atoms with Gasteiger partial charge in [-0.05, 0) is 20.5 Å². The van der Waals surface area contributed by atoms with Gasteiger partial charge in [0.15, 0.2) is 0 Å². The summed E-state index contributed by atoms with van der Waals surface area (Å²) < 4.78 is 0. The maximum absolute atomic E-state index is 12.0. The maximum Gasteiger partial charge on any atom is 0.228 e. The van der Waals surface area contributed by atoms with Gasteiger partial charge < -0.3 is 19.9 Å². The third-order valence-corrected chi connectivity index (χ3v) is 3.19. The largest absolute Gasteiger partial charge is 0.387 e. The number of hydrogen-bond donors (Lipinski definition) is 2. The Balaban J connectivity index is 1.90. The number of likely N-dealkylation sites (tertiary alicyclic amines) is 1. The van der Waals surface area contributed by atoms with Crippen LogP contribution in [0.15, 0.2) is 12.5 Å². The Kier molecular flexibility index (Phi) is 3.68. The van der Waals surface area contributed by atoms with Crippen molar-refractivity contribution >= 4 is 5.91 Å². The lowest BCUT2D eigenvalue weighted by molar-refractivity contribution is -0.130. The van der Waals surface area contributed by atoms with Gasteiger partial charge >= 0.3 is 0 Å². The SMILES string of the molecule is CN(C)C[C@@]1(O)CCN(C(=O)Cc2cnc[nH]2)C1. The zero-order chi connectivity index (χ0) is 13.2. The minimum Gasteiger partial charge on any atom is -0.387 e.